The quantitative estimate of drug-likeness (QED) is 0.732. The molecule has 0 aromatic heterocycles. The molecule has 2 amide bonds. The summed E-state index contributed by atoms with van der Waals surface area (Å²) in [5.74, 6) is -2.17. The minimum absolute atomic E-state index is 0.322. The van der Waals surface area contributed by atoms with Crippen LogP contribution in [-0.4, -0.2) is 25.5 Å². The third kappa shape index (κ3) is 3.92. The number of para-hydroxylation sites is 2. The van der Waals surface area contributed by atoms with E-state index in [4.69, 9.17) is 4.74 Å². The van der Waals surface area contributed by atoms with E-state index in [1.165, 1.54) is 6.07 Å². The van der Waals surface area contributed by atoms with Crippen LogP contribution in [0.5, 0.6) is 5.75 Å². The van der Waals surface area contributed by atoms with Crippen molar-refractivity contribution in [1.29, 1.82) is 0 Å². The SMILES string of the molecule is COc1ccccc1CCNC(=O)C1(C(=O)Nc2c(F)cccc2F)CC1. The van der Waals surface area contributed by atoms with Gasteiger partial charge in [-0.2, -0.15) is 0 Å². The molecule has 0 radical (unpaired) electrons. The van der Waals surface area contributed by atoms with Gasteiger partial charge in [0, 0.05) is 6.54 Å². The van der Waals surface area contributed by atoms with Crippen molar-refractivity contribution in [3.05, 3.63) is 59.7 Å². The molecule has 3 rings (SSSR count). The lowest BCUT2D eigenvalue weighted by Crippen LogP contribution is -2.41. The van der Waals surface area contributed by atoms with Crippen molar-refractivity contribution >= 4 is 17.5 Å². The van der Waals surface area contributed by atoms with E-state index in [0.717, 1.165) is 23.4 Å². The lowest BCUT2D eigenvalue weighted by Gasteiger charge is -2.16. The van der Waals surface area contributed by atoms with E-state index in [9.17, 15) is 18.4 Å². The molecule has 0 aliphatic heterocycles. The average molecular weight is 374 g/mol. The first-order chi connectivity index (χ1) is 13.0. The van der Waals surface area contributed by atoms with E-state index in [-0.39, 0.29) is 0 Å². The molecule has 1 saturated carbocycles. The van der Waals surface area contributed by atoms with Gasteiger partial charge >= 0.3 is 0 Å². The van der Waals surface area contributed by atoms with Crippen LogP contribution >= 0.6 is 0 Å². The summed E-state index contributed by atoms with van der Waals surface area (Å²) in [7, 11) is 1.57. The lowest BCUT2D eigenvalue weighted by molar-refractivity contribution is -0.134. The van der Waals surface area contributed by atoms with Gasteiger partial charge in [0.25, 0.3) is 0 Å². The van der Waals surface area contributed by atoms with Gasteiger partial charge in [0.2, 0.25) is 11.8 Å². The molecule has 0 saturated heterocycles. The number of methoxy groups -OCH3 is 1. The van der Waals surface area contributed by atoms with Crippen molar-refractivity contribution in [2.75, 3.05) is 19.0 Å². The fraction of sp³-hybridized carbons (Fsp3) is 0.300. The Morgan fingerprint density at radius 2 is 1.70 bits per heavy atom. The highest BCUT2D eigenvalue weighted by atomic mass is 19.1. The van der Waals surface area contributed by atoms with Gasteiger partial charge < -0.3 is 15.4 Å². The molecule has 2 N–H and O–H groups in total. The number of anilines is 1. The number of amides is 2. The zero-order chi connectivity index (χ0) is 19.4. The Bertz CT molecular complexity index is 846. The summed E-state index contributed by atoms with van der Waals surface area (Å²) in [5.41, 5.74) is -0.867. The Morgan fingerprint density at radius 1 is 1.04 bits per heavy atom. The number of ether oxygens (including phenoxy) is 1. The molecule has 2 aromatic carbocycles. The van der Waals surface area contributed by atoms with Gasteiger partial charge in [-0.25, -0.2) is 8.78 Å². The third-order valence-corrected chi connectivity index (χ3v) is 4.69. The summed E-state index contributed by atoms with van der Waals surface area (Å²) in [6.07, 6.45) is 1.22. The molecule has 0 heterocycles. The number of rotatable bonds is 7. The van der Waals surface area contributed by atoms with Gasteiger partial charge in [-0.05, 0) is 43.0 Å². The Kier molecular flexibility index (Phi) is 5.39. The Labute approximate surface area is 155 Å². The summed E-state index contributed by atoms with van der Waals surface area (Å²) in [6.45, 7) is 0.322. The van der Waals surface area contributed by atoms with E-state index in [2.05, 4.69) is 10.6 Å². The molecule has 0 spiro atoms. The smallest absolute Gasteiger partial charge is 0.240 e. The fourth-order valence-corrected chi connectivity index (χ4v) is 2.92. The van der Waals surface area contributed by atoms with Crippen molar-refractivity contribution in [1.82, 2.24) is 5.32 Å². The first kappa shape index (κ1) is 18.8. The second-order valence-electron chi connectivity index (χ2n) is 6.45. The van der Waals surface area contributed by atoms with Crippen LogP contribution in [-0.2, 0) is 16.0 Å². The highest BCUT2D eigenvalue weighted by molar-refractivity contribution is 6.13. The Balaban J connectivity index is 1.60. The molecule has 7 heteroatoms. The van der Waals surface area contributed by atoms with Crippen LogP contribution in [0, 0.1) is 17.0 Å². The number of carbonyl (C=O) groups is 2. The zero-order valence-electron chi connectivity index (χ0n) is 14.9. The standard InChI is InChI=1S/C20H20F2N2O3/c1-27-16-8-3-2-5-13(16)9-12-23-18(25)20(10-11-20)19(26)24-17-14(21)6-4-7-15(17)22/h2-8H,9-12H2,1H3,(H,23,25)(H,24,26). The number of nitrogens with one attached hydrogen (secondary N) is 2. The monoisotopic (exact) mass is 374 g/mol. The molecule has 2 aromatic rings. The molecule has 0 bridgehead atoms. The molecule has 142 valence electrons. The van der Waals surface area contributed by atoms with Gasteiger partial charge in [0.15, 0.2) is 0 Å². The van der Waals surface area contributed by atoms with Gasteiger partial charge in [0.05, 0.1) is 7.11 Å². The highest BCUT2D eigenvalue weighted by Gasteiger charge is 2.56. The van der Waals surface area contributed by atoms with Crippen molar-refractivity contribution in [3.63, 3.8) is 0 Å². The largest absolute Gasteiger partial charge is 0.496 e. The van der Waals surface area contributed by atoms with E-state index in [0.29, 0.717) is 25.8 Å². The predicted octanol–water partition coefficient (Wildman–Crippen LogP) is 3.05. The second kappa shape index (κ2) is 7.73. The van der Waals surface area contributed by atoms with Gasteiger partial charge in [-0.15, -0.1) is 0 Å². The maximum absolute atomic E-state index is 13.7. The number of benzene rings is 2. The first-order valence-electron chi connectivity index (χ1n) is 8.63. The second-order valence-corrected chi connectivity index (χ2v) is 6.45. The van der Waals surface area contributed by atoms with E-state index in [1.807, 2.05) is 24.3 Å². The summed E-state index contributed by atoms with van der Waals surface area (Å²) in [6, 6.07) is 10.8. The van der Waals surface area contributed by atoms with Crippen LogP contribution < -0.4 is 15.4 Å². The minimum Gasteiger partial charge on any atom is -0.496 e. The van der Waals surface area contributed by atoms with Crippen LogP contribution in [0.3, 0.4) is 0 Å². The highest BCUT2D eigenvalue weighted by Crippen LogP contribution is 2.47. The summed E-state index contributed by atoms with van der Waals surface area (Å²) in [5, 5.41) is 4.96. The molecule has 0 atom stereocenters. The molecular formula is C20H20F2N2O3. The first-order valence-corrected chi connectivity index (χ1v) is 8.63. The predicted molar refractivity (Wildman–Crippen MR) is 96.4 cm³/mol. The zero-order valence-corrected chi connectivity index (χ0v) is 14.9. The molecule has 1 fully saturated rings. The van der Waals surface area contributed by atoms with Crippen molar-refractivity contribution < 1.29 is 23.1 Å². The Hall–Kier alpha value is -2.96. The van der Waals surface area contributed by atoms with E-state index < -0.39 is 34.6 Å². The summed E-state index contributed by atoms with van der Waals surface area (Å²) in [4.78, 5) is 24.9. The maximum Gasteiger partial charge on any atom is 0.240 e. The Morgan fingerprint density at radius 3 is 2.33 bits per heavy atom. The van der Waals surface area contributed by atoms with E-state index >= 15 is 0 Å². The molecule has 1 aliphatic carbocycles. The number of carbonyl (C=O) groups excluding carboxylic acids is 2. The lowest BCUT2D eigenvalue weighted by atomic mass is 10.0. The molecule has 1 aliphatic rings. The van der Waals surface area contributed by atoms with Crippen molar-refractivity contribution in [3.8, 4) is 5.75 Å². The van der Waals surface area contributed by atoms with Crippen molar-refractivity contribution in [2.24, 2.45) is 5.41 Å². The normalized spacial score (nSPS) is 14.3. The third-order valence-electron chi connectivity index (χ3n) is 4.69. The van der Waals surface area contributed by atoms with Crippen LogP contribution in [0.2, 0.25) is 0 Å². The van der Waals surface area contributed by atoms with E-state index in [1.54, 1.807) is 7.11 Å². The van der Waals surface area contributed by atoms with Crippen molar-refractivity contribution in [2.45, 2.75) is 19.3 Å². The molecule has 0 unspecified atom stereocenters. The maximum atomic E-state index is 13.7. The minimum atomic E-state index is -1.27. The summed E-state index contributed by atoms with van der Waals surface area (Å²) < 4.78 is 32.7. The number of hydrogen-bond donors (Lipinski definition) is 2. The van der Waals surface area contributed by atoms with Crippen LogP contribution in [0.4, 0.5) is 14.5 Å². The molecule has 5 nitrogen and oxygen atoms in total. The van der Waals surface area contributed by atoms with Gasteiger partial charge in [0.1, 0.15) is 28.5 Å². The van der Waals surface area contributed by atoms with Gasteiger partial charge in [-0.3, -0.25) is 9.59 Å². The summed E-state index contributed by atoms with van der Waals surface area (Å²) >= 11 is 0. The van der Waals surface area contributed by atoms with Crippen LogP contribution in [0.25, 0.3) is 0 Å². The number of halogens is 2. The van der Waals surface area contributed by atoms with Crippen LogP contribution in [0.1, 0.15) is 18.4 Å². The fourth-order valence-electron chi connectivity index (χ4n) is 2.92. The topological polar surface area (TPSA) is 67.4 Å². The average Bonchev–Trinajstić information content (AvgIpc) is 3.47. The van der Waals surface area contributed by atoms with Gasteiger partial charge in [-0.1, -0.05) is 24.3 Å². The number of hydrogen-bond acceptors (Lipinski definition) is 3. The molecule has 27 heavy (non-hydrogen) atoms. The van der Waals surface area contributed by atoms with Crippen LogP contribution in [0.15, 0.2) is 42.5 Å². The molecular weight excluding hydrogens is 354 g/mol.